The van der Waals surface area contributed by atoms with Crippen LogP contribution in [0, 0.1) is 0 Å². The molecule has 1 saturated heterocycles. The van der Waals surface area contributed by atoms with E-state index in [0.29, 0.717) is 29.6 Å². The predicted molar refractivity (Wildman–Crippen MR) is 130 cm³/mol. The number of para-hydroxylation sites is 1. The van der Waals surface area contributed by atoms with Crippen LogP contribution in [0.25, 0.3) is 0 Å². The number of ether oxygens (including phenoxy) is 1. The van der Waals surface area contributed by atoms with E-state index < -0.39 is 15.9 Å². The number of benzene rings is 3. The number of hydrogen-bond donors (Lipinski definition) is 0. The molecule has 0 aromatic heterocycles. The molecule has 3 aromatic carbocycles. The van der Waals surface area contributed by atoms with Crippen LogP contribution in [0.4, 0.5) is 11.4 Å². The van der Waals surface area contributed by atoms with Crippen LogP contribution in [0.1, 0.15) is 10.4 Å². The number of anilines is 2. The largest absolute Gasteiger partial charge is 0.379 e. The highest BCUT2D eigenvalue weighted by atomic mass is 35.5. The van der Waals surface area contributed by atoms with Gasteiger partial charge in [-0.2, -0.15) is 4.31 Å². The molecule has 1 fully saturated rings. The third-order valence-corrected chi connectivity index (χ3v) is 9.06. The molecule has 33 heavy (non-hydrogen) atoms. The molecule has 0 radical (unpaired) electrons. The third-order valence-electron chi connectivity index (χ3n) is 5.47. The van der Waals surface area contributed by atoms with Crippen molar-refractivity contribution < 1.29 is 17.9 Å². The fraction of sp³-hybridized carbons (Fsp3) is 0.174. The summed E-state index contributed by atoms with van der Waals surface area (Å²) in [6, 6.07) is 17.1. The molecule has 0 unspecified atom stereocenters. The molecule has 170 valence electrons. The zero-order chi connectivity index (χ0) is 23.2. The second kappa shape index (κ2) is 8.94. The van der Waals surface area contributed by atoms with Gasteiger partial charge in [0.2, 0.25) is 10.0 Å². The van der Waals surface area contributed by atoms with Gasteiger partial charge in [0.1, 0.15) is 0 Å². The number of sulfonamides is 1. The lowest BCUT2D eigenvalue weighted by Crippen LogP contribution is -2.40. The van der Waals surface area contributed by atoms with E-state index in [1.54, 1.807) is 17.0 Å². The molecule has 0 aliphatic carbocycles. The molecule has 0 bridgehead atoms. The molecule has 2 aliphatic heterocycles. The molecule has 5 rings (SSSR count). The first-order valence-electron chi connectivity index (χ1n) is 10.1. The van der Waals surface area contributed by atoms with E-state index in [1.165, 1.54) is 34.3 Å². The van der Waals surface area contributed by atoms with Crippen molar-refractivity contribution in [2.45, 2.75) is 14.7 Å². The zero-order valence-corrected chi connectivity index (χ0v) is 20.3. The second-order valence-electron chi connectivity index (χ2n) is 7.48. The van der Waals surface area contributed by atoms with Crippen LogP contribution in [-0.4, -0.2) is 44.9 Å². The summed E-state index contributed by atoms with van der Waals surface area (Å²) in [6.45, 7) is 1.18. The fourth-order valence-corrected chi connectivity index (χ4v) is 6.67. The van der Waals surface area contributed by atoms with Gasteiger partial charge in [-0.3, -0.25) is 9.69 Å². The molecular weight excluding hydrogens is 503 g/mol. The van der Waals surface area contributed by atoms with Crippen LogP contribution in [-0.2, 0) is 14.8 Å². The maximum absolute atomic E-state index is 13.9. The lowest BCUT2D eigenvalue weighted by molar-refractivity contribution is 0.0730. The number of amides is 1. The maximum atomic E-state index is 13.9. The number of halogens is 2. The Morgan fingerprint density at radius 1 is 0.909 bits per heavy atom. The Kier molecular flexibility index (Phi) is 6.15. The number of nitrogens with zero attached hydrogens (tertiary/aromatic N) is 2. The van der Waals surface area contributed by atoms with Crippen molar-refractivity contribution in [3.05, 3.63) is 76.3 Å². The Bertz CT molecular complexity index is 1360. The van der Waals surface area contributed by atoms with E-state index in [4.69, 9.17) is 27.9 Å². The zero-order valence-electron chi connectivity index (χ0n) is 17.2. The quantitative estimate of drug-likeness (QED) is 0.458. The average Bonchev–Trinajstić information content (AvgIpc) is 2.83. The van der Waals surface area contributed by atoms with E-state index >= 15 is 0 Å². The van der Waals surface area contributed by atoms with Crippen LogP contribution in [0.3, 0.4) is 0 Å². The highest BCUT2D eigenvalue weighted by molar-refractivity contribution is 7.99. The number of rotatable bonds is 3. The molecule has 0 atom stereocenters. The average molecular weight is 521 g/mol. The maximum Gasteiger partial charge on any atom is 0.264 e. The summed E-state index contributed by atoms with van der Waals surface area (Å²) in [6.07, 6.45) is 0. The summed E-state index contributed by atoms with van der Waals surface area (Å²) in [5, 5.41) is 0.654. The Morgan fingerprint density at radius 3 is 2.42 bits per heavy atom. The van der Waals surface area contributed by atoms with Gasteiger partial charge in [0.25, 0.3) is 5.91 Å². The number of carbonyl (C=O) groups is 1. The summed E-state index contributed by atoms with van der Waals surface area (Å²) >= 11 is 14.2. The summed E-state index contributed by atoms with van der Waals surface area (Å²) in [5.41, 5.74) is 1.40. The summed E-state index contributed by atoms with van der Waals surface area (Å²) in [4.78, 5) is 17.2. The van der Waals surface area contributed by atoms with Crippen molar-refractivity contribution >= 4 is 62.3 Å². The van der Waals surface area contributed by atoms with E-state index in [0.717, 1.165) is 9.79 Å². The molecular formula is C23H18Cl2N2O4S2. The second-order valence-corrected chi connectivity index (χ2v) is 11.3. The van der Waals surface area contributed by atoms with Gasteiger partial charge in [0.05, 0.1) is 40.1 Å². The summed E-state index contributed by atoms with van der Waals surface area (Å²) < 4.78 is 33.0. The van der Waals surface area contributed by atoms with Crippen molar-refractivity contribution in [1.82, 2.24) is 4.31 Å². The van der Waals surface area contributed by atoms with Crippen LogP contribution in [0.5, 0.6) is 0 Å². The predicted octanol–water partition coefficient (Wildman–Crippen LogP) is 5.46. The smallest absolute Gasteiger partial charge is 0.264 e. The Balaban J connectivity index is 1.61. The van der Waals surface area contributed by atoms with Gasteiger partial charge < -0.3 is 4.74 Å². The van der Waals surface area contributed by atoms with E-state index in [-0.39, 0.29) is 28.6 Å². The normalized spacial score (nSPS) is 16.2. The van der Waals surface area contributed by atoms with Crippen LogP contribution in [0.15, 0.2) is 75.4 Å². The molecule has 2 heterocycles. The van der Waals surface area contributed by atoms with Gasteiger partial charge in [0, 0.05) is 27.9 Å². The first kappa shape index (κ1) is 22.7. The van der Waals surface area contributed by atoms with Gasteiger partial charge in [0.15, 0.2) is 0 Å². The minimum Gasteiger partial charge on any atom is -0.379 e. The third kappa shape index (κ3) is 4.16. The Labute approximate surface area is 206 Å². The number of morpholine rings is 1. The standard InChI is InChI=1S/C23H18Cl2N2O4S2/c24-15-5-8-22-20(13-15)27(19-3-1-2-4-21(19)32-22)23(28)17-14-16(6-7-18(17)25)33(29,30)26-9-11-31-12-10-26/h1-8,13-14H,9-12H2. The number of hydrogen-bond acceptors (Lipinski definition) is 5. The summed E-state index contributed by atoms with van der Waals surface area (Å²) in [7, 11) is -3.79. The highest BCUT2D eigenvalue weighted by Gasteiger charge is 2.32. The van der Waals surface area contributed by atoms with Gasteiger partial charge >= 0.3 is 0 Å². The molecule has 2 aliphatic rings. The SMILES string of the molecule is O=C(c1cc(S(=O)(=O)N2CCOCC2)ccc1Cl)N1c2ccccc2Sc2ccc(Cl)cc21. The van der Waals surface area contributed by atoms with E-state index in [2.05, 4.69) is 0 Å². The summed E-state index contributed by atoms with van der Waals surface area (Å²) in [5.74, 6) is -0.435. The van der Waals surface area contributed by atoms with Crippen molar-refractivity contribution in [3.63, 3.8) is 0 Å². The van der Waals surface area contributed by atoms with Crippen LogP contribution < -0.4 is 4.90 Å². The molecule has 3 aromatic rings. The molecule has 10 heteroatoms. The van der Waals surface area contributed by atoms with Gasteiger partial charge in [-0.05, 0) is 48.5 Å². The number of carbonyl (C=O) groups excluding carboxylic acids is 1. The van der Waals surface area contributed by atoms with E-state index in [1.807, 2.05) is 30.3 Å². The topological polar surface area (TPSA) is 66.9 Å². The van der Waals surface area contributed by atoms with Gasteiger partial charge in [-0.25, -0.2) is 8.42 Å². The lowest BCUT2D eigenvalue weighted by atomic mass is 10.1. The van der Waals surface area contributed by atoms with Gasteiger partial charge in [-0.1, -0.05) is 47.1 Å². The number of fused-ring (bicyclic) bond motifs is 2. The molecule has 0 N–H and O–H groups in total. The van der Waals surface area contributed by atoms with E-state index in [9.17, 15) is 13.2 Å². The monoisotopic (exact) mass is 520 g/mol. The molecule has 6 nitrogen and oxygen atoms in total. The van der Waals surface area contributed by atoms with Crippen molar-refractivity contribution in [1.29, 1.82) is 0 Å². The highest BCUT2D eigenvalue weighted by Crippen LogP contribution is 2.49. The minimum absolute atomic E-state index is 0.0168. The van der Waals surface area contributed by atoms with Crippen molar-refractivity contribution in [3.8, 4) is 0 Å². The van der Waals surface area contributed by atoms with Crippen LogP contribution >= 0.6 is 35.0 Å². The Morgan fingerprint density at radius 2 is 1.64 bits per heavy atom. The van der Waals surface area contributed by atoms with Crippen molar-refractivity contribution in [2.24, 2.45) is 0 Å². The van der Waals surface area contributed by atoms with Gasteiger partial charge in [-0.15, -0.1) is 0 Å². The van der Waals surface area contributed by atoms with Crippen molar-refractivity contribution in [2.75, 3.05) is 31.2 Å². The Hall–Kier alpha value is -2.07. The minimum atomic E-state index is -3.79. The van der Waals surface area contributed by atoms with Crippen LogP contribution in [0.2, 0.25) is 10.0 Å². The lowest BCUT2D eigenvalue weighted by Gasteiger charge is -2.31. The molecule has 0 spiro atoms. The fourth-order valence-electron chi connectivity index (χ4n) is 3.83. The first-order chi connectivity index (χ1) is 15.9. The first-order valence-corrected chi connectivity index (χ1v) is 13.2. The molecule has 1 amide bonds. The molecule has 0 saturated carbocycles.